The minimum atomic E-state index is -0.315. The Morgan fingerprint density at radius 3 is 2.67 bits per heavy atom. The number of fused-ring (bicyclic) bond motifs is 1. The summed E-state index contributed by atoms with van der Waals surface area (Å²) in [6.45, 7) is 4.81. The second kappa shape index (κ2) is 6.43. The average Bonchev–Trinajstić information content (AvgIpc) is 2.86. The van der Waals surface area contributed by atoms with Crippen LogP contribution >= 0.6 is 0 Å². The predicted octanol–water partition coefficient (Wildman–Crippen LogP) is 1.82. The number of aryl methyl sites for hydroxylation is 2. The van der Waals surface area contributed by atoms with Crippen LogP contribution in [0, 0.1) is 13.8 Å². The summed E-state index contributed by atoms with van der Waals surface area (Å²) in [7, 11) is 1.70. The van der Waals surface area contributed by atoms with Gasteiger partial charge in [-0.15, -0.1) is 0 Å². The van der Waals surface area contributed by atoms with Gasteiger partial charge in [-0.05, 0) is 32.0 Å². The average molecular weight is 328 g/mol. The SMILES string of the molecule is Cc1nc2ccc(C(=O)NCCC3CN(C)C(=O)O3)cc2nc1C. The summed E-state index contributed by atoms with van der Waals surface area (Å²) in [4.78, 5) is 34.0. The van der Waals surface area contributed by atoms with E-state index in [4.69, 9.17) is 4.74 Å². The standard InChI is InChI=1S/C17H20N4O3/c1-10-11(2)20-15-8-12(4-5-14(15)19-10)16(22)18-7-6-13-9-21(3)17(23)24-13/h4-5,8,13H,6-7,9H2,1-3H3,(H,18,22). The molecule has 0 bridgehead atoms. The molecule has 1 aromatic heterocycles. The summed E-state index contributed by atoms with van der Waals surface area (Å²) in [6, 6.07) is 5.29. The molecule has 1 fully saturated rings. The van der Waals surface area contributed by atoms with Crippen molar-refractivity contribution in [3.8, 4) is 0 Å². The summed E-state index contributed by atoms with van der Waals surface area (Å²) in [5.41, 5.74) is 3.76. The highest BCUT2D eigenvalue weighted by atomic mass is 16.6. The Hall–Kier alpha value is -2.70. The van der Waals surface area contributed by atoms with E-state index in [1.165, 1.54) is 4.90 Å². The molecule has 1 saturated heterocycles. The molecule has 2 heterocycles. The number of ether oxygens (including phenoxy) is 1. The Morgan fingerprint density at radius 1 is 1.29 bits per heavy atom. The lowest BCUT2D eigenvalue weighted by atomic mass is 10.1. The molecule has 126 valence electrons. The molecule has 1 aliphatic heterocycles. The molecule has 3 rings (SSSR count). The van der Waals surface area contributed by atoms with Crippen LogP contribution in [0.3, 0.4) is 0 Å². The number of hydrogen-bond acceptors (Lipinski definition) is 5. The molecule has 1 N–H and O–H groups in total. The summed E-state index contributed by atoms with van der Waals surface area (Å²) >= 11 is 0. The van der Waals surface area contributed by atoms with Gasteiger partial charge in [0.1, 0.15) is 6.10 Å². The molecule has 0 aliphatic carbocycles. The monoisotopic (exact) mass is 328 g/mol. The number of nitrogens with zero attached hydrogens (tertiary/aromatic N) is 3. The van der Waals surface area contributed by atoms with E-state index in [1.807, 2.05) is 13.8 Å². The first-order chi connectivity index (χ1) is 11.4. The van der Waals surface area contributed by atoms with E-state index in [-0.39, 0.29) is 18.1 Å². The predicted molar refractivity (Wildman–Crippen MR) is 88.9 cm³/mol. The van der Waals surface area contributed by atoms with E-state index >= 15 is 0 Å². The first kappa shape index (κ1) is 16.2. The zero-order chi connectivity index (χ0) is 17.3. The van der Waals surface area contributed by atoms with Crippen LogP contribution in [0.5, 0.6) is 0 Å². The Morgan fingerprint density at radius 2 is 2.00 bits per heavy atom. The lowest BCUT2D eigenvalue weighted by Gasteiger charge is -2.10. The van der Waals surface area contributed by atoms with Crippen molar-refractivity contribution in [3.63, 3.8) is 0 Å². The van der Waals surface area contributed by atoms with Crippen LogP contribution in [0.15, 0.2) is 18.2 Å². The molecule has 7 nitrogen and oxygen atoms in total. The second-order valence-electron chi connectivity index (χ2n) is 6.03. The minimum Gasteiger partial charge on any atom is -0.444 e. The van der Waals surface area contributed by atoms with Gasteiger partial charge < -0.3 is 15.0 Å². The maximum atomic E-state index is 12.3. The molecular weight excluding hydrogens is 308 g/mol. The molecular formula is C17H20N4O3. The molecule has 24 heavy (non-hydrogen) atoms. The van der Waals surface area contributed by atoms with E-state index in [9.17, 15) is 9.59 Å². The number of nitrogens with one attached hydrogen (secondary N) is 1. The number of rotatable bonds is 4. The lowest BCUT2D eigenvalue weighted by molar-refractivity contribution is 0.0944. The number of aromatic nitrogens is 2. The molecule has 0 radical (unpaired) electrons. The minimum absolute atomic E-state index is 0.170. The van der Waals surface area contributed by atoms with Gasteiger partial charge in [-0.1, -0.05) is 0 Å². The smallest absolute Gasteiger partial charge is 0.409 e. The molecule has 2 amide bonds. The van der Waals surface area contributed by atoms with Crippen molar-refractivity contribution in [1.82, 2.24) is 20.2 Å². The summed E-state index contributed by atoms with van der Waals surface area (Å²) in [6.07, 6.45) is 0.106. The van der Waals surface area contributed by atoms with Gasteiger partial charge in [-0.2, -0.15) is 0 Å². The van der Waals surface area contributed by atoms with E-state index in [0.29, 0.717) is 30.6 Å². The second-order valence-corrected chi connectivity index (χ2v) is 6.03. The van der Waals surface area contributed by atoms with Crippen molar-refractivity contribution < 1.29 is 14.3 Å². The lowest BCUT2D eigenvalue weighted by Crippen LogP contribution is -2.28. The Bertz CT molecular complexity index is 806. The number of amides is 2. The molecule has 1 atom stereocenters. The number of carbonyl (C=O) groups excluding carboxylic acids is 2. The first-order valence-corrected chi connectivity index (χ1v) is 7.89. The summed E-state index contributed by atoms with van der Waals surface area (Å²) in [5.74, 6) is -0.172. The van der Waals surface area contributed by atoms with E-state index < -0.39 is 0 Å². The van der Waals surface area contributed by atoms with Crippen LogP contribution in [-0.2, 0) is 4.74 Å². The maximum Gasteiger partial charge on any atom is 0.409 e. The Balaban J connectivity index is 1.62. The molecule has 0 saturated carbocycles. The van der Waals surface area contributed by atoms with Gasteiger partial charge in [0, 0.05) is 25.6 Å². The highest BCUT2D eigenvalue weighted by molar-refractivity contribution is 5.97. The van der Waals surface area contributed by atoms with Crippen LogP contribution in [0.2, 0.25) is 0 Å². The normalized spacial score (nSPS) is 17.2. The zero-order valence-corrected chi connectivity index (χ0v) is 14.0. The van der Waals surface area contributed by atoms with Crippen LogP contribution in [0.1, 0.15) is 28.2 Å². The van der Waals surface area contributed by atoms with Crippen LogP contribution in [0.4, 0.5) is 4.79 Å². The van der Waals surface area contributed by atoms with Gasteiger partial charge in [-0.3, -0.25) is 4.79 Å². The number of benzene rings is 1. The maximum absolute atomic E-state index is 12.3. The van der Waals surface area contributed by atoms with Crippen molar-refractivity contribution in [2.75, 3.05) is 20.1 Å². The van der Waals surface area contributed by atoms with E-state index in [2.05, 4.69) is 15.3 Å². The third-order valence-electron chi connectivity index (χ3n) is 4.15. The third-order valence-corrected chi connectivity index (χ3v) is 4.15. The van der Waals surface area contributed by atoms with Gasteiger partial charge in [0.15, 0.2) is 0 Å². The van der Waals surface area contributed by atoms with Gasteiger partial charge in [0.2, 0.25) is 0 Å². The molecule has 0 spiro atoms. The molecule has 1 aromatic carbocycles. The summed E-state index contributed by atoms with van der Waals surface area (Å²) in [5, 5.41) is 2.85. The van der Waals surface area contributed by atoms with Gasteiger partial charge >= 0.3 is 6.09 Å². The van der Waals surface area contributed by atoms with Crippen LogP contribution in [0.25, 0.3) is 11.0 Å². The van der Waals surface area contributed by atoms with Crippen LogP contribution < -0.4 is 5.32 Å². The fraction of sp³-hybridized carbons (Fsp3) is 0.412. The van der Waals surface area contributed by atoms with E-state index in [0.717, 1.165) is 16.9 Å². The van der Waals surface area contributed by atoms with E-state index in [1.54, 1.807) is 25.2 Å². The number of hydrogen-bond donors (Lipinski definition) is 1. The highest BCUT2D eigenvalue weighted by Gasteiger charge is 2.27. The quantitative estimate of drug-likeness (QED) is 0.925. The Labute approximate surface area is 140 Å². The van der Waals surface area contributed by atoms with Gasteiger partial charge in [0.05, 0.1) is 29.0 Å². The number of likely N-dealkylation sites (N-methyl/N-ethyl adjacent to an activating group) is 1. The van der Waals surface area contributed by atoms with Gasteiger partial charge in [0.25, 0.3) is 5.91 Å². The molecule has 1 unspecified atom stereocenters. The highest BCUT2D eigenvalue weighted by Crippen LogP contribution is 2.15. The largest absolute Gasteiger partial charge is 0.444 e. The fourth-order valence-electron chi connectivity index (χ4n) is 2.62. The zero-order valence-electron chi connectivity index (χ0n) is 14.0. The number of cyclic esters (lactones) is 1. The third kappa shape index (κ3) is 3.29. The van der Waals surface area contributed by atoms with Crippen molar-refractivity contribution in [2.24, 2.45) is 0 Å². The fourth-order valence-corrected chi connectivity index (χ4v) is 2.62. The molecule has 1 aliphatic rings. The molecule has 2 aromatic rings. The first-order valence-electron chi connectivity index (χ1n) is 7.89. The Kier molecular flexibility index (Phi) is 4.33. The molecule has 7 heteroatoms. The van der Waals surface area contributed by atoms with Crippen molar-refractivity contribution in [2.45, 2.75) is 26.4 Å². The topological polar surface area (TPSA) is 84.4 Å². The van der Waals surface area contributed by atoms with Gasteiger partial charge in [-0.25, -0.2) is 14.8 Å². The number of carbonyl (C=O) groups is 2. The van der Waals surface area contributed by atoms with Crippen molar-refractivity contribution >= 4 is 23.0 Å². The van der Waals surface area contributed by atoms with Crippen molar-refractivity contribution in [3.05, 3.63) is 35.2 Å². The van der Waals surface area contributed by atoms with Crippen molar-refractivity contribution in [1.29, 1.82) is 0 Å². The van der Waals surface area contributed by atoms with Crippen LogP contribution in [-0.4, -0.2) is 53.1 Å². The summed E-state index contributed by atoms with van der Waals surface area (Å²) < 4.78 is 5.16.